The molecule has 1 rings (SSSR count). The average molecular weight is 258 g/mol. The molecule has 0 bridgehead atoms. The van der Waals surface area contributed by atoms with Gasteiger partial charge in [0.15, 0.2) is 0 Å². The van der Waals surface area contributed by atoms with E-state index < -0.39 is 0 Å². The lowest BCUT2D eigenvalue weighted by Crippen LogP contribution is -2.39. The molecule has 0 radical (unpaired) electrons. The summed E-state index contributed by atoms with van der Waals surface area (Å²) in [4.78, 5) is 14.1. The number of hydrogen-bond donors (Lipinski definition) is 1. The third-order valence-electron chi connectivity index (χ3n) is 3.35. The van der Waals surface area contributed by atoms with Crippen LogP contribution in [0.25, 0.3) is 0 Å². The van der Waals surface area contributed by atoms with Crippen molar-refractivity contribution in [3.63, 3.8) is 0 Å². The molecule has 3 atom stereocenters. The Morgan fingerprint density at radius 2 is 2.06 bits per heavy atom. The van der Waals surface area contributed by atoms with Gasteiger partial charge in [0.2, 0.25) is 5.91 Å². The van der Waals surface area contributed by atoms with Crippen molar-refractivity contribution in [1.82, 2.24) is 10.2 Å². The highest BCUT2D eigenvalue weighted by atomic mass is 32.2. The third kappa shape index (κ3) is 4.18. The fourth-order valence-electron chi connectivity index (χ4n) is 2.20. The van der Waals surface area contributed by atoms with Crippen LogP contribution >= 0.6 is 11.8 Å². The third-order valence-corrected chi connectivity index (χ3v) is 4.39. The number of nitrogens with one attached hydrogen (secondary N) is 1. The van der Waals surface area contributed by atoms with Crippen LogP contribution in [0.1, 0.15) is 40.5 Å². The quantitative estimate of drug-likeness (QED) is 0.793. The van der Waals surface area contributed by atoms with E-state index in [-0.39, 0.29) is 18.1 Å². The highest BCUT2D eigenvalue weighted by molar-refractivity contribution is 7.99. The summed E-state index contributed by atoms with van der Waals surface area (Å²) in [6, 6.07) is -0.0108. The van der Waals surface area contributed by atoms with Gasteiger partial charge in [-0.3, -0.25) is 10.1 Å². The molecule has 0 aromatic rings. The van der Waals surface area contributed by atoms with E-state index in [9.17, 15) is 4.79 Å². The van der Waals surface area contributed by atoms with E-state index in [1.165, 1.54) is 0 Å². The Morgan fingerprint density at radius 3 is 2.59 bits per heavy atom. The number of carbonyl (C=O) groups excluding carboxylic acids is 1. The summed E-state index contributed by atoms with van der Waals surface area (Å²) >= 11 is 1.87. The summed E-state index contributed by atoms with van der Waals surface area (Å²) in [5.74, 6) is 0.884. The maximum absolute atomic E-state index is 12.1. The molecule has 100 valence electrons. The summed E-state index contributed by atoms with van der Waals surface area (Å²) in [5, 5.41) is 4.02. The van der Waals surface area contributed by atoms with Crippen LogP contribution in [0, 0.1) is 5.92 Å². The molecule has 0 aromatic heterocycles. The van der Waals surface area contributed by atoms with Gasteiger partial charge in [0.1, 0.15) is 0 Å². The summed E-state index contributed by atoms with van der Waals surface area (Å²) < 4.78 is 0. The van der Waals surface area contributed by atoms with E-state index in [0.717, 1.165) is 19.4 Å². The molecule has 1 aliphatic heterocycles. The van der Waals surface area contributed by atoms with Crippen LogP contribution in [-0.2, 0) is 4.79 Å². The standard InChI is InChI=1S/C13H26N2OS/c1-9(2)8-12-14-11(4)13(16)15(12)7-6-10(3)17-5/h9-12,14H,6-8H2,1-5H3. The van der Waals surface area contributed by atoms with Crippen molar-refractivity contribution in [3.8, 4) is 0 Å². The van der Waals surface area contributed by atoms with Crippen molar-refractivity contribution in [1.29, 1.82) is 0 Å². The van der Waals surface area contributed by atoms with Crippen molar-refractivity contribution >= 4 is 17.7 Å². The lowest BCUT2D eigenvalue weighted by Gasteiger charge is -2.26. The van der Waals surface area contributed by atoms with Crippen LogP contribution in [0.2, 0.25) is 0 Å². The van der Waals surface area contributed by atoms with Gasteiger partial charge in [-0.2, -0.15) is 11.8 Å². The van der Waals surface area contributed by atoms with E-state index in [1.54, 1.807) is 0 Å². The van der Waals surface area contributed by atoms with Crippen LogP contribution in [0.5, 0.6) is 0 Å². The first-order valence-corrected chi connectivity index (χ1v) is 7.83. The predicted octanol–water partition coefficient (Wildman–Crippen LogP) is 2.32. The minimum atomic E-state index is -0.0108. The van der Waals surface area contributed by atoms with Crippen molar-refractivity contribution in [2.75, 3.05) is 12.8 Å². The SMILES string of the molecule is CSC(C)CCN1C(=O)C(C)NC1CC(C)C. The maximum Gasteiger partial charge on any atom is 0.240 e. The van der Waals surface area contributed by atoms with Crippen molar-refractivity contribution < 1.29 is 4.79 Å². The topological polar surface area (TPSA) is 32.3 Å². The fraction of sp³-hybridized carbons (Fsp3) is 0.923. The van der Waals surface area contributed by atoms with Crippen molar-refractivity contribution in [2.45, 2.75) is 58.0 Å². The fourth-order valence-corrected chi connectivity index (χ4v) is 2.54. The highest BCUT2D eigenvalue weighted by Crippen LogP contribution is 2.19. The van der Waals surface area contributed by atoms with Crippen molar-refractivity contribution in [3.05, 3.63) is 0 Å². The second kappa shape index (κ2) is 6.64. The number of thioether (sulfide) groups is 1. The van der Waals surface area contributed by atoms with Crippen molar-refractivity contribution in [2.24, 2.45) is 5.92 Å². The summed E-state index contributed by atoms with van der Waals surface area (Å²) in [6.45, 7) is 9.48. The molecule has 1 saturated heterocycles. The van der Waals surface area contributed by atoms with Crippen LogP contribution in [-0.4, -0.2) is 41.1 Å². The molecule has 3 unspecified atom stereocenters. The second-order valence-corrected chi connectivity index (χ2v) is 6.68. The van der Waals surface area contributed by atoms with Gasteiger partial charge in [-0.05, 0) is 31.9 Å². The minimum absolute atomic E-state index is 0.0108. The van der Waals surface area contributed by atoms with Gasteiger partial charge in [0.05, 0.1) is 12.2 Å². The Balaban J connectivity index is 2.54. The van der Waals surface area contributed by atoms with E-state index in [2.05, 4.69) is 32.3 Å². The molecule has 0 aliphatic carbocycles. The Kier molecular flexibility index (Phi) is 5.80. The Hall–Kier alpha value is -0.220. The number of carbonyl (C=O) groups is 1. The monoisotopic (exact) mass is 258 g/mol. The maximum atomic E-state index is 12.1. The lowest BCUT2D eigenvalue weighted by atomic mass is 10.1. The second-order valence-electron chi connectivity index (χ2n) is 5.40. The van der Waals surface area contributed by atoms with Gasteiger partial charge in [0, 0.05) is 11.8 Å². The molecule has 1 heterocycles. The predicted molar refractivity (Wildman–Crippen MR) is 75.1 cm³/mol. The van der Waals surface area contributed by atoms with Gasteiger partial charge in [0.25, 0.3) is 0 Å². The van der Waals surface area contributed by atoms with Crippen LogP contribution in [0.3, 0.4) is 0 Å². The zero-order chi connectivity index (χ0) is 13.0. The molecular formula is C13H26N2OS. The van der Waals surface area contributed by atoms with Gasteiger partial charge in [-0.25, -0.2) is 0 Å². The number of hydrogen-bond acceptors (Lipinski definition) is 3. The lowest BCUT2D eigenvalue weighted by molar-refractivity contribution is -0.129. The number of rotatable bonds is 6. The molecule has 0 spiro atoms. The number of nitrogens with zero attached hydrogens (tertiary/aromatic N) is 1. The zero-order valence-electron chi connectivity index (χ0n) is 11.7. The Labute approximate surface area is 110 Å². The molecule has 17 heavy (non-hydrogen) atoms. The molecular weight excluding hydrogens is 232 g/mol. The summed E-state index contributed by atoms with van der Waals surface area (Å²) in [7, 11) is 0. The van der Waals surface area contributed by atoms with Crippen LogP contribution in [0.15, 0.2) is 0 Å². The van der Waals surface area contributed by atoms with E-state index in [0.29, 0.717) is 11.2 Å². The first kappa shape index (κ1) is 14.8. The smallest absolute Gasteiger partial charge is 0.240 e. The first-order chi connectivity index (χ1) is 7.95. The zero-order valence-corrected chi connectivity index (χ0v) is 12.5. The van der Waals surface area contributed by atoms with Crippen LogP contribution in [0.4, 0.5) is 0 Å². The Bertz CT molecular complexity index is 258. The van der Waals surface area contributed by atoms with E-state index in [4.69, 9.17) is 0 Å². The molecule has 0 aromatic carbocycles. The van der Waals surface area contributed by atoms with Gasteiger partial charge >= 0.3 is 0 Å². The first-order valence-electron chi connectivity index (χ1n) is 6.55. The van der Waals surface area contributed by atoms with Crippen LogP contribution < -0.4 is 5.32 Å². The summed E-state index contributed by atoms with van der Waals surface area (Å²) in [6.07, 6.45) is 4.49. The van der Waals surface area contributed by atoms with Gasteiger partial charge in [-0.1, -0.05) is 20.8 Å². The molecule has 1 amide bonds. The molecule has 4 heteroatoms. The normalized spacial score (nSPS) is 26.9. The van der Waals surface area contributed by atoms with Gasteiger partial charge < -0.3 is 4.90 Å². The summed E-state index contributed by atoms with van der Waals surface area (Å²) in [5.41, 5.74) is 0. The van der Waals surface area contributed by atoms with E-state index >= 15 is 0 Å². The molecule has 1 N–H and O–H groups in total. The molecule has 3 nitrogen and oxygen atoms in total. The number of amides is 1. The molecule has 1 fully saturated rings. The Morgan fingerprint density at radius 1 is 1.41 bits per heavy atom. The highest BCUT2D eigenvalue weighted by Gasteiger charge is 2.35. The van der Waals surface area contributed by atoms with E-state index in [1.807, 2.05) is 23.6 Å². The molecule has 1 aliphatic rings. The minimum Gasteiger partial charge on any atom is -0.326 e. The van der Waals surface area contributed by atoms with Gasteiger partial charge in [-0.15, -0.1) is 0 Å². The largest absolute Gasteiger partial charge is 0.326 e. The molecule has 0 saturated carbocycles. The average Bonchev–Trinajstić information content (AvgIpc) is 2.51.